The normalized spacial score (nSPS) is 10.0. The van der Waals surface area contributed by atoms with Crippen LogP contribution in [0.25, 0.3) is 10.8 Å². The Morgan fingerprint density at radius 3 is 2.44 bits per heavy atom. The van der Waals surface area contributed by atoms with Crippen LogP contribution in [0.15, 0.2) is 48.8 Å². The van der Waals surface area contributed by atoms with Gasteiger partial charge in [0.05, 0.1) is 17.1 Å². The van der Waals surface area contributed by atoms with Gasteiger partial charge in [-0.3, -0.25) is 10.1 Å². The summed E-state index contributed by atoms with van der Waals surface area (Å²) in [6, 6.07) is 16.6. The van der Waals surface area contributed by atoms with E-state index in [2.05, 4.69) is 9.97 Å². The maximum Gasteiger partial charge on any atom is 0.373 e. The summed E-state index contributed by atoms with van der Waals surface area (Å²) in [4.78, 5) is 19.9. The van der Waals surface area contributed by atoms with Crippen LogP contribution in [0.5, 0.6) is 11.6 Å². The van der Waals surface area contributed by atoms with E-state index >= 15 is 0 Å². The number of rotatable bonds is 6. The summed E-state index contributed by atoms with van der Waals surface area (Å²) in [5.41, 5.74) is -0.504. The first-order valence-corrected chi connectivity index (χ1v) is 7.79. The molecule has 0 aliphatic carbocycles. The van der Waals surface area contributed by atoms with Gasteiger partial charge >= 0.3 is 11.6 Å². The van der Waals surface area contributed by atoms with Crippen LogP contribution in [-0.4, -0.2) is 28.0 Å². The van der Waals surface area contributed by atoms with Crippen molar-refractivity contribution in [3.05, 3.63) is 58.9 Å². The summed E-state index contributed by atoms with van der Waals surface area (Å²) in [5, 5.41) is 31.3. The molecule has 0 amide bonds. The molecule has 132 valence electrons. The maximum atomic E-state index is 11.6. The number of anilines is 1. The number of ether oxygens (including phenoxy) is 1. The fraction of sp³-hybridized carbons (Fsp3) is 0.111. The van der Waals surface area contributed by atoms with E-state index in [0.717, 1.165) is 17.1 Å². The van der Waals surface area contributed by atoms with Crippen molar-refractivity contribution in [1.82, 2.24) is 9.97 Å². The summed E-state index contributed by atoms with van der Waals surface area (Å²) < 4.78 is 5.64. The van der Waals surface area contributed by atoms with Crippen molar-refractivity contribution in [2.75, 3.05) is 18.0 Å². The minimum atomic E-state index is -0.687. The van der Waals surface area contributed by atoms with Crippen molar-refractivity contribution in [1.29, 1.82) is 10.5 Å². The molecule has 2 aromatic carbocycles. The van der Waals surface area contributed by atoms with Gasteiger partial charge in [0.25, 0.3) is 0 Å². The Balaban J connectivity index is 2.04. The molecule has 0 bridgehead atoms. The predicted octanol–water partition coefficient (Wildman–Crippen LogP) is 3.18. The summed E-state index contributed by atoms with van der Waals surface area (Å²) in [6.07, 6.45) is 1.10. The van der Waals surface area contributed by atoms with Crippen molar-refractivity contribution in [2.24, 2.45) is 0 Å². The van der Waals surface area contributed by atoms with E-state index < -0.39 is 10.6 Å². The highest BCUT2D eigenvalue weighted by atomic mass is 16.6. The minimum Gasteiger partial charge on any atom is -0.434 e. The van der Waals surface area contributed by atoms with E-state index in [0.29, 0.717) is 5.75 Å². The zero-order chi connectivity index (χ0) is 19.2. The number of nitrogens with zero attached hydrogens (tertiary/aromatic N) is 6. The summed E-state index contributed by atoms with van der Waals surface area (Å²) >= 11 is 0. The first kappa shape index (κ1) is 17.6. The third-order valence-electron chi connectivity index (χ3n) is 3.71. The molecule has 0 spiro atoms. The van der Waals surface area contributed by atoms with Gasteiger partial charge in [-0.05, 0) is 22.9 Å². The van der Waals surface area contributed by atoms with Crippen molar-refractivity contribution >= 4 is 22.3 Å². The van der Waals surface area contributed by atoms with Crippen LogP contribution >= 0.6 is 0 Å². The smallest absolute Gasteiger partial charge is 0.373 e. The molecule has 9 heteroatoms. The van der Waals surface area contributed by atoms with Crippen LogP contribution in [0.2, 0.25) is 0 Å². The van der Waals surface area contributed by atoms with E-state index in [9.17, 15) is 10.1 Å². The van der Waals surface area contributed by atoms with Crippen LogP contribution in [0.4, 0.5) is 11.5 Å². The van der Waals surface area contributed by atoms with Gasteiger partial charge in [0.15, 0.2) is 0 Å². The van der Waals surface area contributed by atoms with Gasteiger partial charge in [0, 0.05) is 0 Å². The Hall–Kier alpha value is -4.24. The Morgan fingerprint density at radius 2 is 1.78 bits per heavy atom. The number of aromatic nitrogens is 2. The molecule has 0 atom stereocenters. The quantitative estimate of drug-likeness (QED) is 0.372. The third-order valence-corrected chi connectivity index (χ3v) is 3.71. The van der Waals surface area contributed by atoms with Crippen LogP contribution in [0.1, 0.15) is 0 Å². The zero-order valence-corrected chi connectivity index (χ0v) is 13.9. The van der Waals surface area contributed by atoms with Crippen LogP contribution in [0, 0.1) is 32.8 Å². The van der Waals surface area contributed by atoms with E-state index in [1.165, 1.54) is 4.90 Å². The van der Waals surface area contributed by atoms with Crippen molar-refractivity contribution in [3.8, 4) is 23.8 Å². The average molecular weight is 360 g/mol. The molecule has 3 aromatic rings. The first-order valence-electron chi connectivity index (χ1n) is 7.79. The summed E-state index contributed by atoms with van der Waals surface area (Å²) in [6.45, 7) is -0.471. The second kappa shape index (κ2) is 7.76. The molecule has 0 saturated heterocycles. The summed E-state index contributed by atoms with van der Waals surface area (Å²) in [7, 11) is 0. The van der Waals surface area contributed by atoms with Crippen molar-refractivity contribution in [2.45, 2.75) is 0 Å². The minimum absolute atomic E-state index is 0.145. The lowest BCUT2D eigenvalue weighted by molar-refractivity contribution is -0.385. The van der Waals surface area contributed by atoms with E-state index in [4.69, 9.17) is 15.3 Å². The number of benzene rings is 2. The summed E-state index contributed by atoms with van der Waals surface area (Å²) in [5.74, 6) is -0.0383. The molecule has 27 heavy (non-hydrogen) atoms. The van der Waals surface area contributed by atoms with Gasteiger partial charge in [-0.15, -0.1) is 0 Å². The highest BCUT2D eigenvalue weighted by molar-refractivity contribution is 5.83. The van der Waals surface area contributed by atoms with Crippen molar-refractivity contribution in [3.63, 3.8) is 0 Å². The molecule has 1 heterocycles. The second-order valence-electron chi connectivity index (χ2n) is 5.39. The largest absolute Gasteiger partial charge is 0.434 e. The van der Waals surface area contributed by atoms with Gasteiger partial charge in [-0.2, -0.15) is 15.5 Å². The molecule has 3 rings (SSSR count). The Labute approximate surface area is 153 Å². The molecule has 0 radical (unpaired) electrons. The highest BCUT2D eigenvalue weighted by Crippen LogP contribution is 2.36. The van der Waals surface area contributed by atoms with Crippen LogP contribution in [0.3, 0.4) is 0 Å². The topological polar surface area (TPSA) is 129 Å². The number of hydrogen-bond donors (Lipinski definition) is 0. The monoisotopic (exact) mass is 360 g/mol. The number of fused-ring (bicyclic) bond motifs is 1. The molecule has 0 aliphatic rings. The molecule has 0 aliphatic heterocycles. The van der Waals surface area contributed by atoms with Gasteiger partial charge in [0.2, 0.25) is 5.82 Å². The fourth-order valence-corrected chi connectivity index (χ4v) is 2.54. The molecule has 1 aromatic heterocycles. The van der Waals surface area contributed by atoms with Crippen LogP contribution in [-0.2, 0) is 0 Å². The van der Waals surface area contributed by atoms with Crippen molar-refractivity contribution < 1.29 is 9.66 Å². The van der Waals surface area contributed by atoms with Gasteiger partial charge in [-0.25, -0.2) is 4.98 Å². The second-order valence-corrected chi connectivity index (χ2v) is 5.39. The predicted molar refractivity (Wildman–Crippen MR) is 96.1 cm³/mol. The maximum absolute atomic E-state index is 11.6. The van der Waals surface area contributed by atoms with E-state index in [1.54, 1.807) is 12.1 Å². The lowest BCUT2D eigenvalue weighted by Crippen LogP contribution is -2.26. The molecular weight excluding hydrogens is 348 g/mol. The molecule has 0 N–H and O–H groups in total. The molecular formula is C18H12N6O3. The first-order chi connectivity index (χ1) is 13.1. The lowest BCUT2D eigenvalue weighted by Gasteiger charge is -2.17. The SMILES string of the molecule is N#CCN(CC#N)c1ncnc(Oc2ccc3ccccc3c2)c1[N+](=O)[O-]. The van der Waals surface area contributed by atoms with E-state index in [-0.39, 0.29) is 24.8 Å². The zero-order valence-electron chi connectivity index (χ0n) is 13.9. The number of hydrogen-bond acceptors (Lipinski definition) is 8. The fourth-order valence-electron chi connectivity index (χ4n) is 2.54. The Kier molecular flexibility index (Phi) is 5.05. The van der Waals surface area contributed by atoms with Gasteiger partial charge < -0.3 is 9.64 Å². The highest BCUT2D eigenvalue weighted by Gasteiger charge is 2.28. The molecule has 9 nitrogen and oxygen atoms in total. The van der Waals surface area contributed by atoms with Crippen LogP contribution < -0.4 is 9.64 Å². The molecule has 0 unspecified atom stereocenters. The van der Waals surface area contributed by atoms with Gasteiger partial charge in [-0.1, -0.05) is 30.3 Å². The molecule has 0 saturated carbocycles. The number of nitriles is 2. The number of nitro groups is 1. The van der Waals surface area contributed by atoms with Gasteiger partial charge in [0.1, 0.15) is 25.2 Å². The standard InChI is InChI=1S/C18H12N6O3/c19-7-9-23(10-8-20)17-16(24(25)26)18(22-12-21-17)27-15-6-5-13-3-1-2-4-14(13)11-15/h1-6,11-12H,9-10H2. The third kappa shape index (κ3) is 3.72. The molecule has 0 fully saturated rings. The Morgan fingerprint density at radius 1 is 1.07 bits per heavy atom. The Bertz CT molecular complexity index is 1070. The lowest BCUT2D eigenvalue weighted by atomic mass is 10.1. The van der Waals surface area contributed by atoms with E-state index in [1.807, 2.05) is 42.5 Å². The average Bonchev–Trinajstić information content (AvgIpc) is 2.67.